The van der Waals surface area contributed by atoms with Crippen molar-refractivity contribution in [1.82, 2.24) is 0 Å². The zero-order valence-corrected chi connectivity index (χ0v) is 14.7. The van der Waals surface area contributed by atoms with Gasteiger partial charge in [-0.3, -0.25) is 4.99 Å². The van der Waals surface area contributed by atoms with Crippen LogP contribution in [0.3, 0.4) is 0 Å². The van der Waals surface area contributed by atoms with E-state index in [1.807, 2.05) is 0 Å². The molecule has 1 heteroatoms. The van der Waals surface area contributed by atoms with Crippen LogP contribution in [0, 0.1) is 5.41 Å². The number of nitrogens with zero attached hydrogens (tertiary/aromatic N) is 1. The lowest BCUT2D eigenvalue weighted by Crippen LogP contribution is -2.16. The second kappa shape index (κ2) is 5.35. The standard InChI is InChI=1S/C19H30N/c1-17(2,3)13-20-16-11-14(18(4,5)6)10-15(12-16)19(7,8)9/h10-12H,1-9H3. The topological polar surface area (TPSA) is 12.4 Å². The quantitative estimate of drug-likeness (QED) is 0.564. The largest absolute Gasteiger partial charge is 0.251 e. The Balaban J connectivity index is 3.35. The van der Waals surface area contributed by atoms with Crippen LogP contribution in [-0.2, 0) is 10.8 Å². The van der Waals surface area contributed by atoms with Gasteiger partial charge in [0.25, 0.3) is 0 Å². The Morgan fingerprint density at radius 3 is 1.40 bits per heavy atom. The van der Waals surface area contributed by atoms with Crippen LogP contribution >= 0.6 is 0 Å². The van der Waals surface area contributed by atoms with Crippen LogP contribution in [0.15, 0.2) is 23.2 Å². The molecule has 0 spiro atoms. The van der Waals surface area contributed by atoms with Crippen molar-refractivity contribution in [2.24, 2.45) is 10.4 Å². The van der Waals surface area contributed by atoms with Crippen molar-refractivity contribution in [2.45, 2.75) is 73.1 Å². The van der Waals surface area contributed by atoms with E-state index in [-0.39, 0.29) is 16.2 Å². The second-order valence-electron chi connectivity index (χ2n) is 8.74. The Kier molecular flexibility index (Phi) is 4.53. The van der Waals surface area contributed by atoms with E-state index in [0.717, 1.165) is 5.69 Å². The molecule has 0 aliphatic rings. The normalized spacial score (nSPS) is 14.1. The highest BCUT2D eigenvalue weighted by molar-refractivity contribution is 5.69. The summed E-state index contributed by atoms with van der Waals surface area (Å²) in [5.74, 6) is 0. The summed E-state index contributed by atoms with van der Waals surface area (Å²) in [6.07, 6.45) is 3.22. The lowest BCUT2D eigenvalue weighted by Gasteiger charge is -2.25. The summed E-state index contributed by atoms with van der Waals surface area (Å²) in [4.78, 5) is 4.58. The van der Waals surface area contributed by atoms with E-state index in [9.17, 15) is 0 Å². The predicted molar refractivity (Wildman–Crippen MR) is 90.4 cm³/mol. The van der Waals surface area contributed by atoms with Gasteiger partial charge in [0.2, 0.25) is 0 Å². The maximum absolute atomic E-state index is 4.58. The number of rotatable bonds is 1. The highest BCUT2D eigenvalue weighted by Gasteiger charge is 2.20. The van der Waals surface area contributed by atoms with Crippen LogP contribution in [0.1, 0.15) is 73.4 Å². The zero-order chi connectivity index (χ0) is 15.8. The SMILES string of the molecule is CC(C)(C)[C]=Nc1cc(C(C)(C)C)cc(C(C)(C)C)c1. The smallest absolute Gasteiger partial charge is 0.0684 e. The van der Waals surface area contributed by atoms with E-state index in [2.05, 4.69) is 91.7 Å². The van der Waals surface area contributed by atoms with Crippen molar-refractivity contribution in [2.75, 3.05) is 0 Å². The van der Waals surface area contributed by atoms with Crippen molar-refractivity contribution in [3.63, 3.8) is 0 Å². The summed E-state index contributed by atoms with van der Waals surface area (Å²) < 4.78 is 0. The Hall–Kier alpha value is -1.11. The maximum atomic E-state index is 4.58. The molecule has 20 heavy (non-hydrogen) atoms. The van der Waals surface area contributed by atoms with Gasteiger partial charge in [0.1, 0.15) is 0 Å². The van der Waals surface area contributed by atoms with Gasteiger partial charge in [-0.15, -0.1) is 0 Å². The first kappa shape index (κ1) is 16.9. The fourth-order valence-electron chi connectivity index (χ4n) is 1.77. The Labute approximate surface area is 125 Å². The molecule has 1 rings (SSSR count). The average molecular weight is 272 g/mol. The van der Waals surface area contributed by atoms with E-state index in [4.69, 9.17) is 0 Å². The molecular formula is C19H30N. The van der Waals surface area contributed by atoms with E-state index in [1.165, 1.54) is 11.1 Å². The zero-order valence-electron chi connectivity index (χ0n) is 14.7. The summed E-state index contributed by atoms with van der Waals surface area (Å²) in [5.41, 5.74) is 3.93. The molecule has 0 aliphatic heterocycles. The molecule has 1 aromatic rings. The molecule has 111 valence electrons. The van der Waals surface area contributed by atoms with E-state index < -0.39 is 0 Å². The molecule has 0 bridgehead atoms. The lowest BCUT2D eigenvalue weighted by molar-refractivity contribution is 0.568. The fraction of sp³-hybridized carbons (Fsp3) is 0.632. The van der Waals surface area contributed by atoms with Gasteiger partial charge in [-0.1, -0.05) is 68.4 Å². The number of aliphatic imine (C=N–C) groups is 1. The molecule has 1 aromatic carbocycles. The molecule has 0 aliphatic carbocycles. The fourth-order valence-corrected chi connectivity index (χ4v) is 1.77. The Bertz CT molecular complexity index is 456. The van der Waals surface area contributed by atoms with Gasteiger partial charge < -0.3 is 0 Å². The van der Waals surface area contributed by atoms with Crippen molar-refractivity contribution in [3.8, 4) is 0 Å². The molecule has 0 amide bonds. The molecule has 0 saturated heterocycles. The molecule has 1 radical (unpaired) electrons. The summed E-state index contributed by atoms with van der Waals surface area (Å²) in [7, 11) is 0. The van der Waals surface area contributed by atoms with Crippen molar-refractivity contribution in [1.29, 1.82) is 0 Å². The number of benzene rings is 1. The van der Waals surface area contributed by atoms with Crippen LogP contribution in [0.5, 0.6) is 0 Å². The minimum atomic E-state index is -0.0143. The minimum Gasteiger partial charge on any atom is -0.251 e. The third kappa shape index (κ3) is 5.11. The van der Waals surface area contributed by atoms with Gasteiger partial charge in [-0.05, 0) is 34.1 Å². The third-order valence-electron chi connectivity index (χ3n) is 3.17. The van der Waals surface area contributed by atoms with Gasteiger partial charge >= 0.3 is 0 Å². The van der Waals surface area contributed by atoms with Gasteiger partial charge in [0, 0.05) is 5.41 Å². The van der Waals surface area contributed by atoms with E-state index in [1.54, 1.807) is 0 Å². The van der Waals surface area contributed by atoms with Gasteiger partial charge in [0.15, 0.2) is 0 Å². The summed E-state index contributed by atoms with van der Waals surface area (Å²) >= 11 is 0. The first-order chi connectivity index (χ1) is 8.79. The first-order valence-electron chi connectivity index (χ1n) is 7.43. The van der Waals surface area contributed by atoms with Crippen LogP contribution in [0.4, 0.5) is 5.69 Å². The van der Waals surface area contributed by atoms with Crippen molar-refractivity contribution in [3.05, 3.63) is 29.3 Å². The molecule has 0 aromatic heterocycles. The molecule has 0 fully saturated rings. The van der Waals surface area contributed by atoms with Crippen molar-refractivity contribution >= 4 is 11.9 Å². The van der Waals surface area contributed by atoms with E-state index >= 15 is 0 Å². The molecule has 0 heterocycles. The van der Waals surface area contributed by atoms with Crippen LogP contribution in [0.25, 0.3) is 0 Å². The predicted octanol–water partition coefficient (Wildman–Crippen LogP) is 5.91. The van der Waals surface area contributed by atoms with E-state index in [0.29, 0.717) is 0 Å². The van der Waals surface area contributed by atoms with Crippen LogP contribution in [0.2, 0.25) is 0 Å². The number of hydrogen-bond acceptors (Lipinski definition) is 1. The highest BCUT2D eigenvalue weighted by atomic mass is 14.7. The van der Waals surface area contributed by atoms with Crippen LogP contribution in [-0.4, -0.2) is 6.21 Å². The monoisotopic (exact) mass is 272 g/mol. The second-order valence-corrected chi connectivity index (χ2v) is 8.74. The number of hydrogen-bond donors (Lipinski definition) is 0. The van der Waals surface area contributed by atoms with Crippen LogP contribution < -0.4 is 0 Å². The average Bonchev–Trinajstić information content (AvgIpc) is 2.22. The molecule has 0 N–H and O–H groups in total. The Morgan fingerprint density at radius 1 is 0.700 bits per heavy atom. The van der Waals surface area contributed by atoms with Crippen molar-refractivity contribution < 1.29 is 0 Å². The molecule has 0 unspecified atom stereocenters. The Morgan fingerprint density at radius 2 is 1.10 bits per heavy atom. The van der Waals surface area contributed by atoms with Gasteiger partial charge in [0.05, 0.1) is 11.9 Å². The summed E-state index contributed by atoms with van der Waals surface area (Å²) in [6.45, 7) is 19.8. The molecule has 0 atom stereocenters. The third-order valence-corrected chi connectivity index (χ3v) is 3.17. The summed E-state index contributed by atoms with van der Waals surface area (Å²) in [5, 5.41) is 0. The first-order valence-corrected chi connectivity index (χ1v) is 7.43. The summed E-state index contributed by atoms with van der Waals surface area (Å²) in [6, 6.07) is 6.69. The minimum absolute atomic E-state index is 0.0143. The maximum Gasteiger partial charge on any atom is 0.0684 e. The molecule has 0 saturated carbocycles. The molecular weight excluding hydrogens is 242 g/mol. The van der Waals surface area contributed by atoms with Gasteiger partial charge in [-0.2, -0.15) is 0 Å². The van der Waals surface area contributed by atoms with Gasteiger partial charge in [-0.25, -0.2) is 0 Å². The lowest BCUT2D eigenvalue weighted by atomic mass is 9.80. The highest BCUT2D eigenvalue weighted by Crippen LogP contribution is 2.33. The molecule has 1 nitrogen and oxygen atoms in total.